The minimum atomic E-state index is 0.189. The van der Waals surface area contributed by atoms with Crippen LogP contribution in [0.5, 0.6) is 0 Å². The highest BCUT2D eigenvalue weighted by Gasteiger charge is 2.20. The van der Waals surface area contributed by atoms with Crippen LogP contribution in [0.15, 0.2) is 88.3 Å². The fourth-order valence-corrected chi connectivity index (χ4v) is 4.44. The molecule has 0 amide bonds. The molecule has 0 spiro atoms. The topological polar surface area (TPSA) is 17.3 Å². The molecule has 0 unspecified atom stereocenters. The van der Waals surface area contributed by atoms with Crippen LogP contribution in [0.3, 0.4) is 0 Å². The predicted octanol–water partition coefficient (Wildman–Crippen LogP) is 7.63. The van der Waals surface area contributed by atoms with Crippen molar-refractivity contribution >= 4 is 26.8 Å². The lowest BCUT2D eigenvalue weighted by Gasteiger charge is -2.24. The molecule has 30 heavy (non-hydrogen) atoms. The van der Waals surface area contributed by atoms with Gasteiger partial charge < -0.3 is 4.57 Å². The molecule has 0 radical (unpaired) electrons. The number of nitrogens with zero attached hydrogens (tertiary/aromatic N) is 2. The quantitative estimate of drug-likeness (QED) is 0.299. The van der Waals surface area contributed by atoms with Gasteiger partial charge in [-0.2, -0.15) is 0 Å². The summed E-state index contributed by atoms with van der Waals surface area (Å²) in [5.41, 5.74) is 7.05. The van der Waals surface area contributed by atoms with Crippen LogP contribution >= 0.6 is 15.9 Å². The Bertz CT molecular complexity index is 1240. The van der Waals surface area contributed by atoms with Crippen molar-refractivity contribution in [3.05, 3.63) is 88.8 Å². The van der Waals surface area contributed by atoms with Crippen LogP contribution in [-0.2, 0) is 0 Å². The molecule has 1 aromatic heterocycles. The zero-order valence-corrected chi connectivity index (χ0v) is 19.5. The Hall–Kier alpha value is -2.65. The number of aromatic nitrogens is 1. The van der Waals surface area contributed by atoms with Gasteiger partial charge in [-0.05, 0) is 57.0 Å². The third-order valence-corrected chi connectivity index (χ3v) is 5.70. The highest BCUT2D eigenvalue weighted by atomic mass is 79.9. The van der Waals surface area contributed by atoms with Gasteiger partial charge >= 0.3 is 0 Å². The summed E-state index contributed by atoms with van der Waals surface area (Å²) in [7, 11) is 0. The fourth-order valence-electron chi connectivity index (χ4n) is 4.08. The average molecular weight is 459 g/mol. The maximum atomic E-state index is 5.17. The second kappa shape index (κ2) is 8.61. The Morgan fingerprint density at radius 2 is 1.30 bits per heavy atom. The Morgan fingerprint density at radius 3 is 1.83 bits per heavy atom. The predicted molar refractivity (Wildman–Crippen MR) is 132 cm³/mol. The molecule has 4 rings (SSSR count). The van der Waals surface area contributed by atoms with Gasteiger partial charge in [0, 0.05) is 33.1 Å². The van der Waals surface area contributed by atoms with E-state index in [1.807, 2.05) is 0 Å². The first-order chi connectivity index (χ1) is 14.5. The monoisotopic (exact) mass is 458 g/mol. The molecule has 0 N–H and O–H groups in total. The molecule has 152 valence electrons. The molecule has 0 saturated heterocycles. The molecule has 0 atom stereocenters. The Morgan fingerprint density at radius 1 is 0.733 bits per heavy atom. The summed E-state index contributed by atoms with van der Waals surface area (Å²) in [6, 6.07) is 28.4. The van der Waals surface area contributed by atoms with Crippen molar-refractivity contribution in [1.29, 1.82) is 0 Å². The van der Waals surface area contributed by atoms with E-state index >= 15 is 0 Å². The van der Waals surface area contributed by atoms with E-state index in [1.165, 1.54) is 33.2 Å². The molecule has 2 nitrogen and oxygen atoms in total. The van der Waals surface area contributed by atoms with Crippen molar-refractivity contribution < 1.29 is 0 Å². The maximum Gasteiger partial charge on any atom is 0.137 e. The van der Waals surface area contributed by atoms with Gasteiger partial charge in [-0.3, -0.25) is 4.99 Å². The van der Waals surface area contributed by atoms with Gasteiger partial charge in [-0.25, -0.2) is 0 Å². The SMILES string of the molecule is CC(C)N=c1c(-c2ccccc2)c(-c2ccccc2)c2cc(Br)ccc2n1C(C)C. The van der Waals surface area contributed by atoms with Gasteiger partial charge in [0.2, 0.25) is 0 Å². The third kappa shape index (κ3) is 3.87. The number of pyridine rings is 1. The van der Waals surface area contributed by atoms with Crippen LogP contribution < -0.4 is 5.49 Å². The van der Waals surface area contributed by atoms with Gasteiger partial charge in [0.05, 0.1) is 5.52 Å². The van der Waals surface area contributed by atoms with E-state index < -0.39 is 0 Å². The summed E-state index contributed by atoms with van der Waals surface area (Å²) in [5.74, 6) is 0. The molecule has 0 aliphatic carbocycles. The van der Waals surface area contributed by atoms with Crippen LogP contribution in [0.2, 0.25) is 0 Å². The van der Waals surface area contributed by atoms with E-state index in [2.05, 4.69) is 127 Å². The van der Waals surface area contributed by atoms with Crippen molar-refractivity contribution in [1.82, 2.24) is 4.57 Å². The summed E-state index contributed by atoms with van der Waals surface area (Å²) in [5, 5.41) is 1.23. The molecular weight excluding hydrogens is 432 g/mol. The van der Waals surface area contributed by atoms with E-state index in [4.69, 9.17) is 4.99 Å². The Balaban J connectivity index is 2.33. The normalized spacial score (nSPS) is 12.3. The first kappa shape index (κ1) is 20.6. The van der Waals surface area contributed by atoms with Gasteiger partial charge in [0.15, 0.2) is 0 Å². The first-order valence-corrected chi connectivity index (χ1v) is 11.3. The molecule has 0 aliphatic heterocycles. The minimum Gasteiger partial charge on any atom is -0.323 e. The highest BCUT2D eigenvalue weighted by Crippen LogP contribution is 2.37. The Kier molecular flexibility index (Phi) is 5.92. The fraction of sp³-hybridized carbons (Fsp3) is 0.222. The second-order valence-corrected chi connectivity index (χ2v) is 9.07. The van der Waals surface area contributed by atoms with E-state index in [0.29, 0.717) is 0 Å². The molecule has 0 fully saturated rings. The molecule has 3 aromatic carbocycles. The van der Waals surface area contributed by atoms with Crippen LogP contribution in [0.1, 0.15) is 33.7 Å². The maximum absolute atomic E-state index is 5.17. The summed E-state index contributed by atoms with van der Waals surface area (Å²) in [6.45, 7) is 8.76. The number of hydrogen-bond acceptors (Lipinski definition) is 1. The molecule has 0 bridgehead atoms. The van der Waals surface area contributed by atoms with E-state index in [9.17, 15) is 0 Å². The number of fused-ring (bicyclic) bond motifs is 1. The van der Waals surface area contributed by atoms with Crippen molar-refractivity contribution in [3.8, 4) is 22.3 Å². The summed E-state index contributed by atoms with van der Waals surface area (Å²) < 4.78 is 3.46. The zero-order valence-electron chi connectivity index (χ0n) is 17.9. The van der Waals surface area contributed by atoms with Crippen LogP contribution in [0.4, 0.5) is 0 Å². The number of halogens is 1. The van der Waals surface area contributed by atoms with E-state index in [1.54, 1.807) is 0 Å². The lowest BCUT2D eigenvalue weighted by atomic mass is 9.91. The number of hydrogen-bond donors (Lipinski definition) is 0. The van der Waals surface area contributed by atoms with Gasteiger partial charge in [0.1, 0.15) is 5.49 Å². The number of benzene rings is 3. The minimum absolute atomic E-state index is 0.189. The van der Waals surface area contributed by atoms with Crippen LogP contribution in [0.25, 0.3) is 33.2 Å². The van der Waals surface area contributed by atoms with Gasteiger partial charge in [-0.1, -0.05) is 76.6 Å². The lowest BCUT2D eigenvalue weighted by molar-refractivity contribution is 0.582. The molecular formula is C27H27BrN2. The van der Waals surface area contributed by atoms with Crippen molar-refractivity contribution in [2.45, 2.75) is 39.8 Å². The summed E-state index contributed by atoms with van der Waals surface area (Å²) >= 11 is 3.71. The first-order valence-electron chi connectivity index (χ1n) is 10.5. The molecule has 3 heteroatoms. The Labute approximate surface area is 187 Å². The number of rotatable bonds is 4. The summed E-state index contributed by atoms with van der Waals surface area (Å²) in [4.78, 5) is 5.17. The summed E-state index contributed by atoms with van der Waals surface area (Å²) in [6.07, 6.45) is 0. The lowest BCUT2D eigenvalue weighted by Crippen LogP contribution is -2.28. The largest absolute Gasteiger partial charge is 0.323 e. The smallest absolute Gasteiger partial charge is 0.137 e. The van der Waals surface area contributed by atoms with Gasteiger partial charge in [-0.15, -0.1) is 0 Å². The highest BCUT2D eigenvalue weighted by molar-refractivity contribution is 9.10. The van der Waals surface area contributed by atoms with Crippen molar-refractivity contribution in [2.75, 3.05) is 0 Å². The van der Waals surface area contributed by atoms with Crippen molar-refractivity contribution in [2.24, 2.45) is 4.99 Å². The van der Waals surface area contributed by atoms with E-state index in [-0.39, 0.29) is 12.1 Å². The molecule has 4 aromatic rings. The zero-order chi connectivity index (χ0) is 21.3. The van der Waals surface area contributed by atoms with Crippen molar-refractivity contribution in [3.63, 3.8) is 0 Å². The second-order valence-electron chi connectivity index (χ2n) is 8.15. The van der Waals surface area contributed by atoms with E-state index in [0.717, 1.165) is 9.96 Å². The molecule has 1 heterocycles. The van der Waals surface area contributed by atoms with Crippen LogP contribution in [-0.4, -0.2) is 10.6 Å². The van der Waals surface area contributed by atoms with Gasteiger partial charge in [0.25, 0.3) is 0 Å². The standard InChI is InChI=1S/C27H27BrN2/c1-18(2)29-27-26(21-13-9-6-10-14-21)25(20-11-7-5-8-12-20)23-17-22(28)15-16-24(23)30(27)19(3)4/h5-19H,1-4H3. The average Bonchev–Trinajstić information content (AvgIpc) is 2.73. The molecule has 0 saturated carbocycles. The van der Waals surface area contributed by atoms with Crippen LogP contribution in [0, 0.1) is 0 Å². The third-order valence-electron chi connectivity index (χ3n) is 5.21. The molecule has 0 aliphatic rings.